The van der Waals surface area contributed by atoms with E-state index in [2.05, 4.69) is 10.3 Å². The number of rotatable bonds is 3. The smallest absolute Gasteiger partial charge is 0.336 e. The molecule has 4 nitrogen and oxygen atoms in total. The van der Waals surface area contributed by atoms with Gasteiger partial charge < -0.3 is 10.4 Å². The van der Waals surface area contributed by atoms with E-state index in [1.807, 2.05) is 33.0 Å². The molecule has 0 aliphatic rings. The number of carbonyl (C=O) groups is 1. The average molecular weight is 244 g/mol. The maximum absolute atomic E-state index is 11.3. The minimum absolute atomic E-state index is 0.313. The van der Waals surface area contributed by atoms with Crippen LogP contribution in [0.3, 0.4) is 0 Å². The van der Waals surface area contributed by atoms with E-state index in [0.29, 0.717) is 17.5 Å². The topological polar surface area (TPSA) is 62.2 Å². The van der Waals surface area contributed by atoms with Gasteiger partial charge in [0.2, 0.25) is 0 Å². The highest BCUT2D eigenvalue weighted by Crippen LogP contribution is 2.24. The highest BCUT2D eigenvalue weighted by molar-refractivity contribution is 6.03. The molecule has 94 valence electrons. The normalized spacial score (nSPS) is 10.8. The summed E-state index contributed by atoms with van der Waals surface area (Å²) in [5.74, 6) is -0.914. The van der Waals surface area contributed by atoms with Crippen LogP contribution in [0.2, 0.25) is 0 Å². The van der Waals surface area contributed by atoms with Gasteiger partial charge in [0.15, 0.2) is 0 Å². The Morgan fingerprint density at radius 2 is 2.11 bits per heavy atom. The number of carboxylic acid groups (broad SMARTS) is 1. The van der Waals surface area contributed by atoms with Crippen LogP contribution in [0.1, 0.15) is 27.2 Å². The van der Waals surface area contributed by atoms with Gasteiger partial charge in [-0.15, -0.1) is 0 Å². The Bertz CT molecular complexity index is 621. The predicted molar refractivity (Wildman–Crippen MR) is 70.9 cm³/mol. The van der Waals surface area contributed by atoms with Gasteiger partial charge in [-0.25, -0.2) is 4.79 Å². The summed E-state index contributed by atoms with van der Waals surface area (Å²) < 4.78 is 0. The van der Waals surface area contributed by atoms with Crippen molar-refractivity contribution in [1.82, 2.24) is 10.3 Å². The Labute approximate surface area is 106 Å². The molecule has 2 aromatic rings. The van der Waals surface area contributed by atoms with Crippen molar-refractivity contribution in [3.05, 3.63) is 40.6 Å². The highest BCUT2D eigenvalue weighted by Gasteiger charge is 2.13. The van der Waals surface area contributed by atoms with E-state index in [1.165, 1.54) is 0 Å². The van der Waals surface area contributed by atoms with E-state index in [-0.39, 0.29) is 0 Å². The SMILES string of the molecule is CNCc1cc(C(=O)O)c2ccc(C)c(C)c2n1. The molecule has 0 bridgehead atoms. The monoisotopic (exact) mass is 244 g/mol. The molecular formula is C14H16N2O2. The summed E-state index contributed by atoms with van der Waals surface area (Å²) in [6.45, 7) is 4.53. The lowest BCUT2D eigenvalue weighted by Crippen LogP contribution is -2.10. The molecule has 0 atom stereocenters. The first-order valence-electron chi connectivity index (χ1n) is 5.82. The standard InChI is InChI=1S/C14H16N2O2/c1-8-4-5-11-12(14(17)18)6-10(7-15-3)16-13(11)9(8)2/h4-6,15H,7H2,1-3H3,(H,17,18). The molecule has 18 heavy (non-hydrogen) atoms. The van der Waals surface area contributed by atoms with Crippen LogP contribution in [0.15, 0.2) is 18.2 Å². The summed E-state index contributed by atoms with van der Waals surface area (Å²) >= 11 is 0. The first-order valence-corrected chi connectivity index (χ1v) is 5.82. The van der Waals surface area contributed by atoms with E-state index in [0.717, 1.165) is 22.3 Å². The number of nitrogens with one attached hydrogen (secondary N) is 1. The lowest BCUT2D eigenvalue weighted by atomic mass is 10.0. The second-order valence-corrected chi connectivity index (χ2v) is 4.40. The quantitative estimate of drug-likeness (QED) is 0.869. The molecule has 0 spiro atoms. The maximum atomic E-state index is 11.3. The number of hydrogen-bond acceptors (Lipinski definition) is 3. The predicted octanol–water partition coefficient (Wildman–Crippen LogP) is 2.27. The highest BCUT2D eigenvalue weighted by atomic mass is 16.4. The third-order valence-electron chi connectivity index (χ3n) is 3.15. The second kappa shape index (κ2) is 4.74. The fraction of sp³-hybridized carbons (Fsp3) is 0.286. The third kappa shape index (κ3) is 2.07. The number of benzene rings is 1. The summed E-state index contributed by atoms with van der Waals surface area (Å²) in [6.07, 6.45) is 0. The van der Waals surface area contributed by atoms with Crippen molar-refractivity contribution in [3.8, 4) is 0 Å². The number of aromatic nitrogens is 1. The maximum Gasteiger partial charge on any atom is 0.336 e. The van der Waals surface area contributed by atoms with Crippen molar-refractivity contribution in [1.29, 1.82) is 0 Å². The molecule has 1 heterocycles. The van der Waals surface area contributed by atoms with E-state index >= 15 is 0 Å². The van der Waals surface area contributed by atoms with Crippen LogP contribution in [0.25, 0.3) is 10.9 Å². The Kier molecular flexibility index (Phi) is 3.30. The number of hydrogen-bond donors (Lipinski definition) is 2. The molecule has 2 N–H and O–H groups in total. The van der Waals surface area contributed by atoms with Crippen LogP contribution in [0.5, 0.6) is 0 Å². The van der Waals surface area contributed by atoms with Crippen molar-refractivity contribution in [2.45, 2.75) is 20.4 Å². The Morgan fingerprint density at radius 1 is 1.39 bits per heavy atom. The van der Waals surface area contributed by atoms with E-state index in [4.69, 9.17) is 0 Å². The fourth-order valence-corrected chi connectivity index (χ4v) is 2.03. The van der Waals surface area contributed by atoms with Gasteiger partial charge in [-0.05, 0) is 38.1 Å². The van der Waals surface area contributed by atoms with Crippen LogP contribution in [-0.4, -0.2) is 23.1 Å². The van der Waals surface area contributed by atoms with Crippen molar-refractivity contribution in [2.75, 3.05) is 7.05 Å². The number of aromatic carboxylic acids is 1. The van der Waals surface area contributed by atoms with Crippen LogP contribution < -0.4 is 5.32 Å². The molecule has 0 saturated carbocycles. The van der Waals surface area contributed by atoms with Gasteiger partial charge in [0, 0.05) is 11.9 Å². The molecule has 0 radical (unpaired) electrons. The van der Waals surface area contributed by atoms with Crippen molar-refractivity contribution >= 4 is 16.9 Å². The van der Waals surface area contributed by atoms with Crippen molar-refractivity contribution in [3.63, 3.8) is 0 Å². The zero-order chi connectivity index (χ0) is 13.3. The lowest BCUT2D eigenvalue weighted by Gasteiger charge is -2.10. The summed E-state index contributed by atoms with van der Waals surface area (Å²) in [4.78, 5) is 15.9. The second-order valence-electron chi connectivity index (χ2n) is 4.40. The van der Waals surface area contributed by atoms with Gasteiger partial charge in [-0.1, -0.05) is 12.1 Å². The Balaban J connectivity index is 2.81. The number of nitrogens with zero attached hydrogens (tertiary/aromatic N) is 1. The molecule has 0 aliphatic carbocycles. The van der Waals surface area contributed by atoms with Gasteiger partial charge in [0.25, 0.3) is 0 Å². The van der Waals surface area contributed by atoms with Gasteiger partial charge in [-0.2, -0.15) is 0 Å². The van der Waals surface area contributed by atoms with Crippen LogP contribution in [-0.2, 0) is 6.54 Å². The van der Waals surface area contributed by atoms with Crippen LogP contribution in [0.4, 0.5) is 0 Å². The molecule has 0 unspecified atom stereocenters. The lowest BCUT2D eigenvalue weighted by molar-refractivity contribution is 0.0699. The fourth-order valence-electron chi connectivity index (χ4n) is 2.03. The molecule has 0 saturated heterocycles. The van der Waals surface area contributed by atoms with E-state index in [1.54, 1.807) is 6.07 Å². The van der Waals surface area contributed by atoms with Crippen molar-refractivity contribution < 1.29 is 9.90 Å². The summed E-state index contributed by atoms with van der Waals surface area (Å²) in [5.41, 5.74) is 3.99. The molecule has 2 rings (SSSR count). The summed E-state index contributed by atoms with van der Waals surface area (Å²) in [6, 6.07) is 5.40. The zero-order valence-corrected chi connectivity index (χ0v) is 10.7. The minimum atomic E-state index is -0.914. The van der Waals surface area contributed by atoms with Gasteiger partial charge in [0.05, 0.1) is 16.8 Å². The number of carboxylic acids is 1. The first kappa shape index (κ1) is 12.5. The molecule has 0 amide bonds. The Hall–Kier alpha value is -1.94. The summed E-state index contributed by atoms with van der Waals surface area (Å²) in [5, 5.41) is 13.0. The molecule has 0 fully saturated rings. The van der Waals surface area contributed by atoms with E-state index < -0.39 is 5.97 Å². The van der Waals surface area contributed by atoms with Crippen molar-refractivity contribution in [2.24, 2.45) is 0 Å². The number of pyridine rings is 1. The molecule has 0 aliphatic heterocycles. The number of aryl methyl sites for hydroxylation is 2. The van der Waals surface area contributed by atoms with Crippen LogP contribution >= 0.6 is 0 Å². The molecule has 4 heteroatoms. The van der Waals surface area contributed by atoms with Crippen LogP contribution in [0, 0.1) is 13.8 Å². The van der Waals surface area contributed by atoms with Gasteiger partial charge in [0.1, 0.15) is 0 Å². The third-order valence-corrected chi connectivity index (χ3v) is 3.15. The van der Waals surface area contributed by atoms with Gasteiger partial charge in [-0.3, -0.25) is 4.98 Å². The first-order chi connectivity index (χ1) is 8.54. The molecule has 1 aromatic heterocycles. The average Bonchev–Trinajstić information content (AvgIpc) is 2.34. The van der Waals surface area contributed by atoms with E-state index in [9.17, 15) is 9.90 Å². The van der Waals surface area contributed by atoms with Gasteiger partial charge >= 0.3 is 5.97 Å². The number of fused-ring (bicyclic) bond motifs is 1. The summed E-state index contributed by atoms with van der Waals surface area (Å²) in [7, 11) is 1.81. The zero-order valence-electron chi connectivity index (χ0n) is 10.7. The minimum Gasteiger partial charge on any atom is -0.478 e. The molecular weight excluding hydrogens is 228 g/mol. The largest absolute Gasteiger partial charge is 0.478 e. The molecule has 1 aromatic carbocycles. The Morgan fingerprint density at radius 3 is 2.72 bits per heavy atom.